The Bertz CT molecular complexity index is 3500. The van der Waals surface area contributed by atoms with E-state index in [2.05, 4.69) is 216 Å². The predicted molar refractivity (Wildman–Crippen MR) is 247 cm³/mol. The SMILES string of the molecule is c1ccc(-c2ccc(-n3c4ccccc4c4cc(-c5cc(N(c6ccccc6)c6cccc7c6sc6ccccc67)c6oc7ccccc7c6c5)ccc43)cc2)cc1. The van der Waals surface area contributed by atoms with Crippen molar-refractivity contribution in [2.45, 2.75) is 0 Å². The van der Waals surface area contributed by atoms with Crippen LogP contribution in [0.2, 0.25) is 0 Å². The van der Waals surface area contributed by atoms with Crippen molar-refractivity contribution in [2.24, 2.45) is 0 Å². The fraction of sp³-hybridized carbons (Fsp3) is 0. The smallest absolute Gasteiger partial charge is 0.159 e. The predicted octanol–water partition coefficient (Wildman–Crippen LogP) is 15.9. The number of para-hydroxylation sites is 3. The molecule has 0 fully saturated rings. The largest absolute Gasteiger partial charge is 0.454 e. The molecule has 4 heteroatoms. The molecular formula is C54H34N2OS. The summed E-state index contributed by atoms with van der Waals surface area (Å²) in [4.78, 5) is 2.40. The molecule has 272 valence electrons. The molecule has 3 nitrogen and oxygen atoms in total. The molecular weight excluding hydrogens is 725 g/mol. The first-order valence-corrected chi connectivity index (χ1v) is 20.5. The van der Waals surface area contributed by atoms with Crippen LogP contribution in [-0.2, 0) is 0 Å². The van der Waals surface area contributed by atoms with Gasteiger partial charge in [-0.3, -0.25) is 0 Å². The van der Waals surface area contributed by atoms with Crippen LogP contribution in [0.1, 0.15) is 0 Å². The summed E-state index contributed by atoms with van der Waals surface area (Å²) in [7, 11) is 0. The summed E-state index contributed by atoms with van der Waals surface area (Å²) in [6.45, 7) is 0. The molecule has 0 spiro atoms. The second-order valence-electron chi connectivity index (χ2n) is 14.9. The van der Waals surface area contributed by atoms with Gasteiger partial charge in [-0.2, -0.15) is 0 Å². The fourth-order valence-corrected chi connectivity index (χ4v) is 10.1. The molecule has 12 rings (SSSR count). The number of rotatable bonds is 6. The van der Waals surface area contributed by atoms with Gasteiger partial charge >= 0.3 is 0 Å². The highest BCUT2D eigenvalue weighted by atomic mass is 32.1. The van der Waals surface area contributed by atoms with Crippen molar-refractivity contribution in [3.63, 3.8) is 0 Å². The number of aromatic nitrogens is 1. The molecule has 0 aliphatic rings. The number of benzene rings is 9. The van der Waals surface area contributed by atoms with Crippen molar-refractivity contribution in [3.05, 3.63) is 206 Å². The number of nitrogens with zero attached hydrogens (tertiary/aromatic N) is 2. The molecule has 0 N–H and O–H groups in total. The average Bonchev–Trinajstić information content (AvgIpc) is 3.97. The fourth-order valence-electron chi connectivity index (χ4n) is 8.90. The lowest BCUT2D eigenvalue weighted by Crippen LogP contribution is -2.10. The highest BCUT2D eigenvalue weighted by molar-refractivity contribution is 7.26. The lowest BCUT2D eigenvalue weighted by Gasteiger charge is -2.26. The summed E-state index contributed by atoms with van der Waals surface area (Å²) in [5.41, 5.74) is 13.1. The third-order valence-corrected chi connectivity index (χ3v) is 12.8. The Morgan fingerprint density at radius 3 is 1.88 bits per heavy atom. The van der Waals surface area contributed by atoms with E-state index < -0.39 is 0 Å². The van der Waals surface area contributed by atoms with Crippen LogP contribution in [0.25, 0.3) is 91.9 Å². The average molecular weight is 759 g/mol. The van der Waals surface area contributed by atoms with Crippen LogP contribution in [0.4, 0.5) is 17.1 Å². The first-order chi connectivity index (χ1) is 28.8. The molecule has 58 heavy (non-hydrogen) atoms. The molecule has 9 aromatic carbocycles. The van der Waals surface area contributed by atoms with E-state index in [0.29, 0.717) is 0 Å². The molecule has 0 saturated carbocycles. The van der Waals surface area contributed by atoms with E-state index in [0.717, 1.165) is 55.8 Å². The van der Waals surface area contributed by atoms with Crippen molar-refractivity contribution in [2.75, 3.05) is 4.90 Å². The zero-order valence-corrected chi connectivity index (χ0v) is 32.2. The molecule has 0 saturated heterocycles. The number of fused-ring (bicyclic) bond motifs is 9. The number of furan rings is 1. The van der Waals surface area contributed by atoms with Gasteiger partial charge in [0.2, 0.25) is 0 Å². The Labute approximate surface area is 338 Å². The molecule has 12 aromatic rings. The molecule has 0 radical (unpaired) electrons. The van der Waals surface area contributed by atoms with Gasteiger partial charge < -0.3 is 13.9 Å². The van der Waals surface area contributed by atoms with Crippen LogP contribution >= 0.6 is 11.3 Å². The van der Waals surface area contributed by atoms with E-state index in [9.17, 15) is 0 Å². The van der Waals surface area contributed by atoms with Crippen molar-refractivity contribution in [1.82, 2.24) is 4.57 Å². The Morgan fingerprint density at radius 1 is 0.397 bits per heavy atom. The van der Waals surface area contributed by atoms with Gasteiger partial charge in [-0.25, -0.2) is 0 Å². The minimum Gasteiger partial charge on any atom is -0.454 e. The van der Waals surface area contributed by atoms with Crippen LogP contribution in [0.15, 0.2) is 211 Å². The lowest BCUT2D eigenvalue weighted by molar-refractivity contribution is 0.669. The Hall–Kier alpha value is -7.40. The molecule has 0 atom stereocenters. The van der Waals surface area contributed by atoms with Gasteiger partial charge in [0, 0.05) is 48.4 Å². The highest BCUT2D eigenvalue weighted by Gasteiger charge is 2.24. The van der Waals surface area contributed by atoms with Crippen LogP contribution < -0.4 is 4.90 Å². The van der Waals surface area contributed by atoms with E-state index in [1.54, 1.807) is 0 Å². The van der Waals surface area contributed by atoms with Gasteiger partial charge in [0.05, 0.1) is 27.1 Å². The van der Waals surface area contributed by atoms with Gasteiger partial charge in [0.25, 0.3) is 0 Å². The number of anilines is 3. The van der Waals surface area contributed by atoms with E-state index in [-0.39, 0.29) is 0 Å². The van der Waals surface area contributed by atoms with Gasteiger partial charge in [-0.15, -0.1) is 11.3 Å². The highest BCUT2D eigenvalue weighted by Crippen LogP contribution is 2.49. The third-order valence-electron chi connectivity index (χ3n) is 11.6. The van der Waals surface area contributed by atoms with E-state index >= 15 is 0 Å². The number of hydrogen-bond donors (Lipinski definition) is 0. The van der Waals surface area contributed by atoms with Gasteiger partial charge in [0.15, 0.2) is 5.58 Å². The van der Waals surface area contributed by atoms with Crippen LogP contribution in [0.5, 0.6) is 0 Å². The lowest BCUT2D eigenvalue weighted by atomic mass is 9.98. The maximum Gasteiger partial charge on any atom is 0.159 e. The Balaban J connectivity index is 1.09. The first kappa shape index (κ1) is 32.8. The van der Waals surface area contributed by atoms with Crippen molar-refractivity contribution < 1.29 is 4.42 Å². The summed E-state index contributed by atoms with van der Waals surface area (Å²) in [5.74, 6) is 0. The van der Waals surface area contributed by atoms with E-state index in [1.807, 2.05) is 11.3 Å². The topological polar surface area (TPSA) is 21.3 Å². The minimum absolute atomic E-state index is 0.864. The van der Waals surface area contributed by atoms with Crippen molar-refractivity contribution in [3.8, 4) is 27.9 Å². The minimum atomic E-state index is 0.864. The molecule has 0 aliphatic heterocycles. The second kappa shape index (κ2) is 13.1. The first-order valence-electron chi connectivity index (χ1n) is 19.7. The summed E-state index contributed by atoms with van der Waals surface area (Å²) in [5, 5.41) is 7.17. The zero-order chi connectivity index (χ0) is 38.2. The molecule has 3 heterocycles. The molecule has 0 amide bonds. The maximum atomic E-state index is 6.84. The van der Waals surface area contributed by atoms with Crippen LogP contribution in [0.3, 0.4) is 0 Å². The molecule has 0 aliphatic carbocycles. The van der Waals surface area contributed by atoms with Gasteiger partial charge in [0.1, 0.15) is 5.58 Å². The zero-order valence-electron chi connectivity index (χ0n) is 31.3. The monoisotopic (exact) mass is 758 g/mol. The Kier molecular flexibility index (Phi) is 7.40. The summed E-state index contributed by atoms with van der Waals surface area (Å²) < 4.78 is 11.8. The summed E-state index contributed by atoms with van der Waals surface area (Å²) in [6.07, 6.45) is 0. The van der Waals surface area contributed by atoms with Crippen molar-refractivity contribution >= 4 is 92.3 Å². The maximum absolute atomic E-state index is 6.84. The van der Waals surface area contributed by atoms with Gasteiger partial charge in [-0.1, -0.05) is 133 Å². The van der Waals surface area contributed by atoms with Gasteiger partial charge in [-0.05, 0) is 95.1 Å². The molecule has 0 unspecified atom stereocenters. The summed E-state index contributed by atoms with van der Waals surface area (Å²) >= 11 is 1.84. The quantitative estimate of drug-likeness (QED) is 0.168. The van der Waals surface area contributed by atoms with Crippen LogP contribution in [0, 0.1) is 0 Å². The van der Waals surface area contributed by atoms with E-state index in [4.69, 9.17) is 4.42 Å². The number of hydrogen-bond acceptors (Lipinski definition) is 3. The third kappa shape index (κ3) is 5.12. The van der Waals surface area contributed by atoms with Crippen molar-refractivity contribution in [1.29, 1.82) is 0 Å². The standard InChI is InChI=1S/C54H34N2OS/c1-3-14-35(15-4-1)36-26-29-40(30-27-36)55-47-22-10-7-18-41(47)45-32-37(28-31-48(45)55)38-33-46-42-19-8-11-24-51(42)57-53(46)50(34-38)56(39-16-5-2-6-17-39)49-23-13-21-44-43-20-9-12-25-52(43)58-54(44)49/h1-34H. The number of thiophene rings is 1. The summed E-state index contributed by atoms with van der Waals surface area (Å²) in [6, 6.07) is 74.4. The molecule has 0 bridgehead atoms. The normalized spacial score (nSPS) is 11.8. The molecule has 3 aromatic heterocycles. The second-order valence-corrected chi connectivity index (χ2v) is 15.9. The van der Waals surface area contributed by atoms with Crippen LogP contribution in [-0.4, -0.2) is 4.57 Å². The van der Waals surface area contributed by atoms with E-state index in [1.165, 1.54) is 53.1 Å². The Morgan fingerprint density at radius 2 is 1.03 bits per heavy atom.